The molecule has 7 rings (SSSR count). The van der Waals surface area contributed by atoms with Crippen LogP contribution in [0.1, 0.15) is 67.1 Å². The van der Waals surface area contributed by atoms with Gasteiger partial charge in [0, 0.05) is 35.8 Å². The van der Waals surface area contributed by atoms with Crippen molar-refractivity contribution in [3.8, 4) is 22.5 Å². The number of H-pyrrole nitrogens is 1. The van der Waals surface area contributed by atoms with Gasteiger partial charge in [0.1, 0.15) is 5.82 Å². The fourth-order valence-corrected chi connectivity index (χ4v) is 6.86. The molecule has 2 saturated carbocycles. The van der Waals surface area contributed by atoms with Gasteiger partial charge in [-0.1, -0.05) is 66.5 Å². The Hall–Kier alpha value is -4.27. The molecule has 0 spiro atoms. The lowest BCUT2D eigenvalue weighted by molar-refractivity contribution is -0.129. The smallest absolute Gasteiger partial charge is 0.342 e. The monoisotopic (exact) mass is 565 g/mol. The van der Waals surface area contributed by atoms with Gasteiger partial charge in [0.15, 0.2) is 5.82 Å². The normalized spacial score (nSPS) is 20.1. The zero-order valence-corrected chi connectivity index (χ0v) is 23.8. The summed E-state index contributed by atoms with van der Waals surface area (Å²) >= 11 is 0. The highest BCUT2D eigenvalue weighted by Crippen LogP contribution is 2.39. The molecule has 2 aliphatic carbocycles. The van der Waals surface area contributed by atoms with Gasteiger partial charge in [0.05, 0.1) is 13.0 Å². The molecule has 216 valence electrons. The van der Waals surface area contributed by atoms with Crippen LogP contribution in [0, 0.1) is 18.8 Å². The Morgan fingerprint density at radius 3 is 2.29 bits per heavy atom. The van der Waals surface area contributed by atoms with Crippen LogP contribution < -0.4 is 11.3 Å². The van der Waals surface area contributed by atoms with Crippen molar-refractivity contribution in [2.45, 2.75) is 64.3 Å². The molecule has 1 N–H and O–H groups in total. The second-order valence-electron chi connectivity index (χ2n) is 12.2. The van der Waals surface area contributed by atoms with Crippen LogP contribution in [-0.2, 0) is 17.8 Å². The first-order valence-corrected chi connectivity index (χ1v) is 15.1. The number of hydrogen-bond acceptors (Lipinski definition) is 6. The molecule has 1 aliphatic heterocycles. The molecule has 4 aromatic rings. The molecule has 42 heavy (non-hydrogen) atoms. The molecule has 9 nitrogen and oxygen atoms in total. The van der Waals surface area contributed by atoms with Crippen LogP contribution in [-0.4, -0.2) is 43.6 Å². The van der Waals surface area contributed by atoms with Gasteiger partial charge in [-0.2, -0.15) is 0 Å². The minimum atomic E-state index is -0.599. The number of aromatic nitrogens is 4. The molecule has 3 heterocycles. The molecule has 3 fully saturated rings. The number of fused-ring (bicyclic) bond motifs is 1. The molecular formula is C33H35N5O4. The number of aromatic amines is 1. The third kappa shape index (κ3) is 5.12. The first-order chi connectivity index (χ1) is 20.4. The fourth-order valence-electron chi connectivity index (χ4n) is 6.86. The van der Waals surface area contributed by atoms with Gasteiger partial charge < -0.3 is 4.90 Å². The highest BCUT2D eigenvalue weighted by Gasteiger charge is 2.37. The second kappa shape index (κ2) is 10.9. The summed E-state index contributed by atoms with van der Waals surface area (Å²) in [4.78, 5) is 48.4. The Labute approximate surface area is 243 Å². The Bertz CT molecular complexity index is 1730. The number of amides is 1. The van der Waals surface area contributed by atoms with E-state index in [-0.39, 0.29) is 17.9 Å². The van der Waals surface area contributed by atoms with E-state index in [4.69, 9.17) is 9.51 Å². The van der Waals surface area contributed by atoms with E-state index < -0.39 is 5.76 Å². The molecule has 1 saturated heterocycles. The quantitative estimate of drug-likeness (QED) is 0.348. The van der Waals surface area contributed by atoms with E-state index in [1.807, 2.05) is 60.4 Å². The number of hydrogen-bond donors (Lipinski definition) is 1. The summed E-state index contributed by atoms with van der Waals surface area (Å²) in [6.45, 7) is 3.92. The maximum Gasteiger partial charge on any atom is 0.439 e. The molecule has 2 atom stereocenters. The van der Waals surface area contributed by atoms with E-state index in [1.54, 1.807) is 4.57 Å². The van der Waals surface area contributed by atoms with Gasteiger partial charge in [0.25, 0.3) is 5.56 Å². The minimum absolute atomic E-state index is 0.0496. The SMILES string of the molecule is Cc1nc(C2CC2)n(Cc2ccc(-c3ccccc3-c3noc(=O)[nH]3)cc2)c(=O)c1CC(=O)N1CC2CCCCC2C1. The average molecular weight is 566 g/mol. The average Bonchev–Trinajstić information content (AvgIpc) is 3.61. The number of nitrogens with one attached hydrogen (secondary N) is 1. The van der Waals surface area contributed by atoms with Gasteiger partial charge in [-0.25, -0.2) is 9.78 Å². The number of likely N-dealkylation sites (tertiary alicyclic amines) is 1. The molecule has 3 aliphatic rings. The van der Waals surface area contributed by atoms with Crippen molar-refractivity contribution in [1.82, 2.24) is 24.6 Å². The van der Waals surface area contributed by atoms with E-state index >= 15 is 0 Å². The van der Waals surface area contributed by atoms with Crippen molar-refractivity contribution in [3.63, 3.8) is 0 Å². The van der Waals surface area contributed by atoms with Crippen molar-refractivity contribution in [3.05, 3.63) is 92.1 Å². The maximum absolute atomic E-state index is 13.9. The number of carbonyl (C=O) groups excluding carboxylic acids is 1. The second-order valence-corrected chi connectivity index (χ2v) is 12.2. The summed E-state index contributed by atoms with van der Waals surface area (Å²) in [6, 6.07) is 15.7. The first kappa shape index (κ1) is 26.6. The summed E-state index contributed by atoms with van der Waals surface area (Å²) in [6.07, 6.45) is 7.11. The summed E-state index contributed by atoms with van der Waals surface area (Å²) in [5.74, 6) is 2.17. The molecule has 0 bridgehead atoms. The summed E-state index contributed by atoms with van der Waals surface area (Å²) in [5, 5.41) is 3.85. The lowest BCUT2D eigenvalue weighted by Gasteiger charge is -2.22. The lowest BCUT2D eigenvalue weighted by Crippen LogP contribution is -2.35. The van der Waals surface area contributed by atoms with Crippen molar-refractivity contribution in [1.29, 1.82) is 0 Å². The Morgan fingerprint density at radius 2 is 1.64 bits per heavy atom. The largest absolute Gasteiger partial charge is 0.439 e. The van der Waals surface area contributed by atoms with Crippen LogP contribution in [0.15, 0.2) is 62.6 Å². The van der Waals surface area contributed by atoms with Crippen LogP contribution in [0.4, 0.5) is 0 Å². The molecule has 9 heteroatoms. The molecule has 2 unspecified atom stereocenters. The van der Waals surface area contributed by atoms with E-state index in [0.717, 1.165) is 54.0 Å². The van der Waals surface area contributed by atoms with Crippen molar-refractivity contribution in [2.75, 3.05) is 13.1 Å². The van der Waals surface area contributed by atoms with E-state index in [0.29, 0.717) is 41.4 Å². The highest BCUT2D eigenvalue weighted by atomic mass is 16.5. The van der Waals surface area contributed by atoms with Crippen LogP contribution >= 0.6 is 0 Å². The summed E-state index contributed by atoms with van der Waals surface area (Å²) in [7, 11) is 0. The van der Waals surface area contributed by atoms with E-state index in [2.05, 4.69) is 10.1 Å². The van der Waals surface area contributed by atoms with Crippen LogP contribution in [0.5, 0.6) is 0 Å². The van der Waals surface area contributed by atoms with E-state index in [9.17, 15) is 14.4 Å². The lowest BCUT2D eigenvalue weighted by atomic mass is 9.82. The topological polar surface area (TPSA) is 114 Å². The number of nitrogens with zero attached hydrogens (tertiary/aromatic N) is 4. The first-order valence-electron chi connectivity index (χ1n) is 15.1. The van der Waals surface area contributed by atoms with Crippen molar-refractivity contribution >= 4 is 5.91 Å². The predicted molar refractivity (Wildman–Crippen MR) is 158 cm³/mol. The minimum Gasteiger partial charge on any atom is -0.342 e. The third-order valence-corrected chi connectivity index (χ3v) is 9.33. The Balaban J connectivity index is 1.15. The van der Waals surface area contributed by atoms with Gasteiger partial charge in [-0.15, -0.1) is 0 Å². The van der Waals surface area contributed by atoms with Gasteiger partial charge >= 0.3 is 5.76 Å². The number of benzene rings is 2. The summed E-state index contributed by atoms with van der Waals surface area (Å²) in [5.41, 5.74) is 4.70. The number of carbonyl (C=O) groups is 1. The van der Waals surface area contributed by atoms with Crippen molar-refractivity contribution < 1.29 is 9.32 Å². The van der Waals surface area contributed by atoms with Crippen LogP contribution in [0.2, 0.25) is 0 Å². The predicted octanol–water partition coefficient (Wildman–Crippen LogP) is 4.68. The number of rotatable bonds is 7. The third-order valence-electron chi connectivity index (χ3n) is 9.33. The van der Waals surface area contributed by atoms with Gasteiger partial charge in [0.2, 0.25) is 5.91 Å². The van der Waals surface area contributed by atoms with Crippen molar-refractivity contribution in [2.24, 2.45) is 11.8 Å². The molecule has 1 amide bonds. The van der Waals surface area contributed by atoms with E-state index in [1.165, 1.54) is 25.7 Å². The van der Waals surface area contributed by atoms with Crippen LogP contribution in [0.3, 0.4) is 0 Å². The standard InChI is InChI=1S/C33H35N5O4/c1-20-28(16-29(39)37-18-24-6-2-3-7-25(24)19-37)32(40)38(31(34-20)23-14-15-23)17-21-10-12-22(13-11-21)26-8-4-5-9-27(26)30-35-33(41)42-36-30/h4-5,8-13,23-25H,2-3,6-7,14-19H2,1H3,(H,35,36,41). The Morgan fingerprint density at radius 1 is 0.952 bits per heavy atom. The number of aryl methyl sites for hydroxylation is 1. The zero-order chi connectivity index (χ0) is 28.8. The maximum atomic E-state index is 13.9. The van der Waals surface area contributed by atoms with Gasteiger partial charge in [-0.05, 0) is 61.1 Å². The fraction of sp³-hybridized carbons (Fsp3) is 0.424. The van der Waals surface area contributed by atoms with Gasteiger partial charge in [-0.3, -0.25) is 23.7 Å². The zero-order valence-electron chi connectivity index (χ0n) is 23.8. The highest BCUT2D eigenvalue weighted by molar-refractivity contribution is 5.80. The molecular weight excluding hydrogens is 530 g/mol. The summed E-state index contributed by atoms with van der Waals surface area (Å²) < 4.78 is 6.50. The molecule has 2 aromatic heterocycles. The van der Waals surface area contributed by atoms with Crippen LogP contribution in [0.25, 0.3) is 22.5 Å². The molecule has 0 radical (unpaired) electrons. The Kier molecular flexibility index (Phi) is 6.88. The molecule has 2 aromatic carbocycles.